The van der Waals surface area contributed by atoms with Crippen LogP contribution in [0, 0.1) is 5.92 Å². The van der Waals surface area contributed by atoms with Crippen molar-refractivity contribution < 1.29 is 9.47 Å². The number of hydrogen-bond acceptors (Lipinski definition) is 2. The first-order chi connectivity index (χ1) is 8.38. The molecule has 0 fully saturated rings. The highest BCUT2D eigenvalue weighted by Gasteiger charge is 2.20. The van der Waals surface area contributed by atoms with Crippen molar-refractivity contribution in [1.82, 2.24) is 0 Å². The Morgan fingerprint density at radius 2 is 1.94 bits per heavy atom. The lowest BCUT2D eigenvalue weighted by Crippen LogP contribution is -2.16. The monoisotopic (exact) mass is 314 g/mol. The van der Waals surface area contributed by atoms with Gasteiger partial charge >= 0.3 is 0 Å². The maximum Gasteiger partial charge on any atom is 0.123 e. The number of methoxy groups -OCH3 is 1. The zero-order valence-electron chi connectivity index (χ0n) is 11.9. The maximum absolute atomic E-state index is 5.93. The van der Waals surface area contributed by atoms with E-state index in [1.807, 2.05) is 12.1 Å². The van der Waals surface area contributed by atoms with Gasteiger partial charge in [-0.1, -0.05) is 43.6 Å². The van der Waals surface area contributed by atoms with Crippen molar-refractivity contribution in [2.45, 2.75) is 33.1 Å². The Bertz CT molecular complexity index is 383. The number of benzene rings is 1. The Balaban J connectivity index is 2.96. The number of ether oxygens (including phenoxy) is 2. The number of halogens is 1. The molecule has 0 heterocycles. The lowest BCUT2D eigenvalue weighted by molar-refractivity contribution is 0.267. The van der Waals surface area contributed by atoms with Gasteiger partial charge in [0.1, 0.15) is 11.5 Å². The van der Waals surface area contributed by atoms with Crippen LogP contribution >= 0.6 is 15.9 Å². The summed E-state index contributed by atoms with van der Waals surface area (Å²) in [5.74, 6) is 2.33. The summed E-state index contributed by atoms with van der Waals surface area (Å²) in [5.41, 5.74) is 1.23. The van der Waals surface area contributed by atoms with E-state index in [1.165, 1.54) is 5.56 Å². The highest BCUT2D eigenvalue weighted by molar-refractivity contribution is 9.09. The van der Waals surface area contributed by atoms with E-state index in [9.17, 15) is 0 Å². The minimum atomic E-state index is 0.0432. The lowest BCUT2D eigenvalue weighted by Gasteiger charge is -2.24. The van der Waals surface area contributed by atoms with E-state index in [2.05, 4.69) is 49.7 Å². The molecule has 1 rings (SSSR count). The van der Waals surface area contributed by atoms with Crippen LogP contribution in [0.15, 0.2) is 18.2 Å². The molecule has 0 radical (unpaired) electrons. The van der Waals surface area contributed by atoms with Crippen LogP contribution in [0.4, 0.5) is 0 Å². The maximum atomic E-state index is 5.93. The van der Waals surface area contributed by atoms with Crippen LogP contribution in [-0.4, -0.2) is 19.0 Å². The van der Waals surface area contributed by atoms with Crippen LogP contribution in [0.1, 0.15) is 33.3 Å². The van der Waals surface area contributed by atoms with E-state index in [0.29, 0.717) is 5.92 Å². The molecule has 1 atom stereocenters. The smallest absolute Gasteiger partial charge is 0.123 e. The van der Waals surface area contributed by atoms with Gasteiger partial charge in [-0.05, 0) is 29.5 Å². The van der Waals surface area contributed by atoms with E-state index >= 15 is 0 Å². The zero-order chi connectivity index (χ0) is 13.8. The number of alkyl halides is 1. The predicted molar refractivity (Wildman–Crippen MR) is 80.1 cm³/mol. The second kappa shape index (κ2) is 6.46. The molecular weight excluding hydrogens is 292 g/mol. The minimum absolute atomic E-state index is 0.0432. The van der Waals surface area contributed by atoms with Gasteiger partial charge in [0.05, 0.1) is 13.7 Å². The molecule has 0 aliphatic rings. The van der Waals surface area contributed by atoms with Crippen LogP contribution in [0.3, 0.4) is 0 Å². The molecule has 0 bridgehead atoms. The normalized spacial score (nSPS) is 13.2. The molecule has 2 nitrogen and oxygen atoms in total. The third-order valence-corrected chi connectivity index (χ3v) is 3.89. The first kappa shape index (κ1) is 15.4. The molecule has 1 aromatic carbocycles. The fourth-order valence-corrected chi connectivity index (χ4v) is 1.81. The molecule has 0 aliphatic heterocycles. The quantitative estimate of drug-likeness (QED) is 0.750. The largest absolute Gasteiger partial charge is 0.497 e. The Morgan fingerprint density at radius 1 is 1.28 bits per heavy atom. The van der Waals surface area contributed by atoms with Crippen LogP contribution < -0.4 is 9.47 Å². The van der Waals surface area contributed by atoms with Gasteiger partial charge in [0.15, 0.2) is 0 Å². The highest BCUT2D eigenvalue weighted by atomic mass is 79.9. The molecule has 3 heteroatoms. The average molecular weight is 315 g/mol. The van der Waals surface area contributed by atoms with Crippen molar-refractivity contribution >= 4 is 15.9 Å². The van der Waals surface area contributed by atoms with E-state index in [0.717, 1.165) is 23.4 Å². The van der Waals surface area contributed by atoms with Crippen molar-refractivity contribution in [3.63, 3.8) is 0 Å². The molecule has 0 saturated heterocycles. The SMILES string of the molecule is COc1ccc(OCC(C)CBr)c(C(C)(C)C)c1. The van der Waals surface area contributed by atoms with Gasteiger partial charge in [0.2, 0.25) is 0 Å². The van der Waals surface area contributed by atoms with Crippen molar-refractivity contribution in [2.24, 2.45) is 5.92 Å². The minimum Gasteiger partial charge on any atom is -0.497 e. The number of rotatable bonds is 5. The lowest BCUT2D eigenvalue weighted by atomic mass is 9.86. The average Bonchev–Trinajstić information content (AvgIpc) is 2.34. The topological polar surface area (TPSA) is 18.5 Å². The van der Waals surface area contributed by atoms with Gasteiger partial charge in [0, 0.05) is 10.9 Å². The van der Waals surface area contributed by atoms with E-state index in [1.54, 1.807) is 7.11 Å². The Hall–Kier alpha value is -0.700. The Morgan fingerprint density at radius 3 is 2.44 bits per heavy atom. The van der Waals surface area contributed by atoms with Gasteiger partial charge in [-0.2, -0.15) is 0 Å². The first-order valence-corrected chi connectivity index (χ1v) is 7.38. The summed E-state index contributed by atoms with van der Waals surface area (Å²) < 4.78 is 11.2. The molecule has 0 aromatic heterocycles. The predicted octanol–water partition coefficient (Wildman–Crippen LogP) is 4.40. The summed E-state index contributed by atoms with van der Waals surface area (Å²) in [6.45, 7) is 9.43. The zero-order valence-corrected chi connectivity index (χ0v) is 13.5. The van der Waals surface area contributed by atoms with Gasteiger partial charge in [-0.15, -0.1) is 0 Å². The molecule has 0 amide bonds. The summed E-state index contributed by atoms with van der Waals surface area (Å²) in [7, 11) is 1.69. The molecule has 0 saturated carbocycles. The van der Waals surface area contributed by atoms with Crippen LogP contribution in [-0.2, 0) is 5.41 Å². The third kappa shape index (κ3) is 4.20. The molecule has 1 unspecified atom stereocenters. The van der Waals surface area contributed by atoms with E-state index in [-0.39, 0.29) is 5.41 Å². The van der Waals surface area contributed by atoms with Gasteiger partial charge < -0.3 is 9.47 Å². The first-order valence-electron chi connectivity index (χ1n) is 6.25. The van der Waals surface area contributed by atoms with E-state index < -0.39 is 0 Å². The van der Waals surface area contributed by atoms with E-state index in [4.69, 9.17) is 9.47 Å². The summed E-state index contributed by atoms with van der Waals surface area (Å²) in [4.78, 5) is 0. The highest BCUT2D eigenvalue weighted by Crippen LogP contribution is 2.34. The van der Waals surface area contributed by atoms with Gasteiger partial charge in [-0.3, -0.25) is 0 Å². The molecule has 0 aliphatic carbocycles. The molecule has 102 valence electrons. The summed E-state index contributed by atoms with van der Waals surface area (Å²) >= 11 is 3.47. The molecule has 1 aromatic rings. The molecule has 0 spiro atoms. The fourth-order valence-electron chi connectivity index (χ4n) is 1.62. The van der Waals surface area contributed by atoms with Crippen molar-refractivity contribution in [2.75, 3.05) is 19.0 Å². The molecule has 0 N–H and O–H groups in total. The van der Waals surface area contributed by atoms with Gasteiger partial charge in [-0.25, -0.2) is 0 Å². The standard InChI is InChI=1S/C15H23BrO2/c1-11(9-16)10-18-14-7-6-12(17-5)8-13(14)15(2,3)4/h6-8,11H,9-10H2,1-5H3. The Labute approximate surface area is 119 Å². The number of hydrogen-bond donors (Lipinski definition) is 0. The van der Waals surface area contributed by atoms with Crippen molar-refractivity contribution in [3.8, 4) is 11.5 Å². The fraction of sp³-hybridized carbons (Fsp3) is 0.600. The molecule has 18 heavy (non-hydrogen) atoms. The molecular formula is C15H23BrO2. The van der Waals surface area contributed by atoms with Crippen LogP contribution in [0.2, 0.25) is 0 Å². The summed E-state index contributed by atoms with van der Waals surface area (Å²) in [6.07, 6.45) is 0. The summed E-state index contributed by atoms with van der Waals surface area (Å²) in [5, 5.41) is 0.952. The second-order valence-corrected chi connectivity index (χ2v) is 6.33. The Kier molecular flexibility index (Phi) is 5.51. The van der Waals surface area contributed by atoms with Gasteiger partial charge in [0.25, 0.3) is 0 Å². The van der Waals surface area contributed by atoms with Crippen molar-refractivity contribution in [1.29, 1.82) is 0 Å². The third-order valence-electron chi connectivity index (χ3n) is 2.78. The van der Waals surface area contributed by atoms with Crippen LogP contribution in [0.25, 0.3) is 0 Å². The van der Waals surface area contributed by atoms with Crippen LogP contribution in [0.5, 0.6) is 11.5 Å². The second-order valence-electron chi connectivity index (χ2n) is 5.68. The van der Waals surface area contributed by atoms with Crippen molar-refractivity contribution in [3.05, 3.63) is 23.8 Å². The summed E-state index contributed by atoms with van der Waals surface area (Å²) in [6, 6.07) is 6.01.